The van der Waals surface area contributed by atoms with Crippen LogP contribution in [0.2, 0.25) is 0 Å². The molecule has 0 bridgehead atoms. The second-order valence-electron chi connectivity index (χ2n) is 8.61. The maximum Gasteiger partial charge on any atom is 0.347 e. The number of ether oxygens (including phenoxy) is 2. The van der Waals surface area contributed by atoms with Crippen molar-refractivity contribution >= 4 is 11.9 Å². The first-order valence-electron chi connectivity index (χ1n) is 11.8. The van der Waals surface area contributed by atoms with Gasteiger partial charge < -0.3 is 14.6 Å². The summed E-state index contributed by atoms with van der Waals surface area (Å²) in [5.74, 6) is -2.48. The van der Waals surface area contributed by atoms with Crippen molar-refractivity contribution in [1.29, 1.82) is 0 Å². The van der Waals surface area contributed by atoms with Crippen LogP contribution in [0.1, 0.15) is 58.8 Å². The van der Waals surface area contributed by atoms with Crippen molar-refractivity contribution in [3.63, 3.8) is 0 Å². The first-order valence-corrected chi connectivity index (χ1v) is 11.8. The van der Waals surface area contributed by atoms with Gasteiger partial charge in [0.2, 0.25) is 0 Å². The standard InChI is InChI=1S/C29H31FO5/c1-4-5-14-22(28(31)32)17-24-19(2)27(34-18-21-12-8-6-9-13-21)25(20(3)26(24)30)29(33)35-23-15-10-7-11-16-23/h6-13,15-16,22H,4-5,14,17-18H2,1-3H3,(H,31,32). The van der Waals surface area contributed by atoms with Crippen LogP contribution in [0, 0.1) is 25.6 Å². The highest BCUT2D eigenvalue weighted by molar-refractivity contribution is 5.96. The summed E-state index contributed by atoms with van der Waals surface area (Å²) in [6, 6.07) is 18.0. The van der Waals surface area contributed by atoms with Crippen LogP contribution in [0.5, 0.6) is 11.5 Å². The number of benzene rings is 3. The van der Waals surface area contributed by atoms with E-state index in [0.29, 0.717) is 17.7 Å². The Morgan fingerprint density at radius 3 is 2.20 bits per heavy atom. The Hall–Kier alpha value is -3.67. The highest BCUT2D eigenvalue weighted by Crippen LogP contribution is 2.36. The Morgan fingerprint density at radius 1 is 0.971 bits per heavy atom. The van der Waals surface area contributed by atoms with E-state index < -0.39 is 23.7 Å². The van der Waals surface area contributed by atoms with E-state index >= 15 is 4.39 Å². The van der Waals surface area contributed by atoms with E-state index in [1.807, 2.05) is 37.3 Å². The van der Waals surface area contributed by atoms with E-state index in [1.165, 1.54) is 6.92 Å². The van der Waals surface area contributed by atoms with E-state index in [4.69, 9.17) is 9.47 Å². The third-order valence-electron chi connectivity index (χ3n) is 6.08. The molecule has 0 saturated heterocycles. The molecule has 5 nitrogen and oxygen atoms in total. The molecule has 0 fully saturated rings. The number of hydrogen-bond acceptors (Lipinski definition) is 4. The lowest BCUT2D eigenvalue weighted by molar-refractivity contribution is -0.142. The van der Waals surface area contributed by atoms with Crippen LogP contribution in [0.4, 0.5) is 4.39 Å². The lowest BCUT2D eigenvalue weighted by Gasteiger charge is -2.22. The normalized spacial score (nSPS) is 11.7. The average molecular weight is 479 g/mol. The average Bonchev–Trinajstić information content (AvgIpc) is 2.86. The minimum atomic E-state index is -0.964. The molecular formula is C29H31FO5. The molecule has 0 aliphatic heterocycles. The smallest absolute Gasteiger partial charge is 0.347 e. The van der Waals surface area contributed by atoms with Gasteiger partial charge in [-0.3, -0.25) is 4.79 Å². The molecule has 0 saturated carbocycles. The maximum atomic E-state index is 15.7. The highest BCUT2D eigenvalue weighted by atomic mass is 19.1. The molecule has 0 aromatic heterocycles. The lowest BCUT2D eigenvalue weighted by atomic mass is 9.88. The van der Waals surface area contributed by atoms with Crippen LogP contribution in [0.25, 0.3) is 0 Å². The zero-order chi connectivity index (χ0) is 25.4. The van der Waals surface area contributed by atoms with Crippen molar-refractivity contribution in [3.8, 4) is 11.5 Å². The van der Waals surface area contributed by atoms with Crippen LogP contribution in [-0.4, -0.2) is 17.0 Å². The van der Waals surface area contributed by atoms with Gasteiger partial charge in [-0.2, -0.15) is 0 Å². The van der Waals surface area contributed by atoms with E-state index in [-0.39, 0.29) is 35.5 Å². The molecule has 3 aromatic carbocycles. The van der Waals surface area contributed by atoms with Crippen LogP contribution in [0.15, 0.2) is 60.7 Å². The van der Waals surface area contributed by atoms with Gasteiger partial charge in [-0.25, -0.2) is 9.18 Å². The molecule has 3 aromatic rings. The fraction of sp³-hybridized carbons (Fsp3) is 0.310. The molecule has 0 radical (unpaired) electrons. The number of carboxylic acid groups (broad SMARTS) is 1. The molecule has 0 heterocycles. The number of unbranched alkanes of at least 4 members (excludes halogenated alkanes) is 1. The van der Waals surface area contributed by atoms with E-state index in [9.17, 15) is 14.7 Å². The van der Waals surface area contributed by atoms with Gasteiger partial charge in [0.05, 0.1) is 5.92 Å². The first kappa shape index (κ1) is 25.9. The van der Waals surface area contributed by atoms with Crippen molar-refractivity contribution in [1.82, 2.24) is 0 Å². The third-order valence-corrected chi connectivity index (χ3v) is 6.08. The number of hydrogen-bond donors (Lipinski definition) is 1. The first-order chi connectivity index (χ1) is 16.8. The van der Waals surface area contributed by atoms with E-state index in [2.05, 4.69) is 0 Å². The monoisotopic (exact) mass is 478 g/mol. The number of para-hydroxylation sites is 1. The fourth-order valence-corrected chi connectivity index (χ4v) is 4.05. The largest absolute Gasteiger partial charge is 0.488 e. The van der Waals surface area contributed by atoms with E-state index in [1.54, 1.807) is 37.3 Å². The molecule has 1 atom stereocenters. The molecule has 3 rings (SSSR count). The van der Waals surface area contributed by atoms with Gasteiger partial charge in [0, 0.05) is 5.56 Å². The van der Waals surface area contributed by atoms with Crippen LogP contribution < -0.4 is 9.47 Å². The molecular weight excluding hydrogens is 447 g/mol. The minimum Gasteiger partial charge on any atom is -0.488 e. The van der Waals surface area contributed by atoms with Gasteiger partial charge in [-0.05, 0) is 55.5 Å². The quantitative estimate of drug-likeness (QED) is 0.246. The van der Waals surface area contributed by atoms with Crippen molar-refractivity contribution < 1.29 is 28.6 Å². The second kappa shape index (κ2) is 12.2. The molecule has 0 aliphatic carbocycles. The Morgan fingerprint density at radius 2 is 1.60 bits per heavy atom. The summed E-state index contributed by atoms with van der Waals surface area (Å²) in [4.78, 5) is 25.1. The topological polar surface area (TPSA) is 72.8 Å². The van der Waals surface area contributed by atoms with Crippen molar-refractivity contribution in [2.24, 2.45) is 5.92 Å². The summed E-state index contributed by atoms with van der Waals surface area (Å²) in [6.07, 6.45) is 2.04. The number of carbonyl (C=O) groups is 2. The van der Waals surface area contributed by atoms with Crippen LogP contribution in [0.3, 0.4) is 0 Å². The predicted molar refractivity (Wildman–Crippen MR) is 132 cm³/mol. The van der Waals surface area contributed by atoms with E-state index in [0.717, 1.165) is 18.4 Å². The molecule has 0 spiro atoms. The number of aliphatic carboxylic acids is 1. The lowest BCUT2D eigenvalue weighted by Crippen LogP contribution is -2.21. The molecule has 184 valence electrons. The third kappa shape index (κ3) is 6.47. The summed E-state index contributed by atoms with van der Waals surface area (Å²) in [5.41, 5.74) is 1.62. The predicted octanol–water partition coefficient (Wildman–Crippen LogP) is 6.67. The zero-order valence-electron chi connectivity index (χ0n) is 20.3. The minimum absolute atomic E-state index is 0.00367. The highest BCUT2D eigenvalue weighted by Gasteiger charge is 2.29. The molecule has 35 heavy (non-hydrogen) atoms. The fourth-order valence-electron chi connectivity index (χ4n) is 4.05. The molecule has 1 N–H and O–H groups in total. The summed E-state index contributed by atoms with van der Waals surface area (Å²) in [5, 5.41) is 9.71. The summed E-state index contributed by atoms with van der Waals surface area (Å²) < 4.78 is 27.3. The van der Waals surface area contributed by atoms with Gasteiger partial charge in [0.15, 0.2) is 0 Å². The number of halogens is 1. The van der Waals surface area contributed by atoms with Gasteiger partial charge >= 0.3 is 11.9 Å². The van der Waals surface area contributed by atoms with Crippen molar-refractivity contribution in [2.75, 3.05) is 0 Å². The molecule has 0 amide bonds. The van der Waals surface area contributed by atoms with Crippen LogP contribution in [-0.2, 0) is 17.8 Å². The number of carboxylic acids is 1. The van der Waals surface area contributed by atoms with Crippen molar-refractivity contribution in [3.05, 3.63) is 94.3 Å². The maximum absolute atomic E-state index is 15.7. The summed E-state index contributed by atoms with van der Waals surface area (Å²) >= 11 is 0. The van der Waals surface area contributed by atoms with Gasteiger partial charge in [0.1, 0.15) is 29.5 Å². The second-order valence-corrected chi connectivity index (χ2v) is 8.61. The molecule has 0 aliphatic rings. The summed E-state index contributed by atoms with van der Waals surface area (Å²) in [7, 11) is 0. The van der Waals surface area contributed by atoms with Crippen molar-refractivity contribution in [2.45, 2.75) is 53.1 Å². The number of carbonyl (C=O) groups excluding carboxylic acids is 1. The van der Waals surface area contributed by atoms with Crippen LogP contribution >= 0.6 is 0 Å². The summed E-state index contributed by atoms with van der Waals surface area (Å²) in [6.45, 7) is 5.31. The number of rotatable bonds is 11. The zero-order valence-corrected chi connectivity index (χ0v) is 20.3. The Bertz CT molecular complexity index is 1160. The molecule has 6 heteroatoms. The number of esters is 1. The van der Waals surface area contributed by atoms with Gasteiger partial charge in [-0.15, -0.1) is 0 Å². The van der Waals surface area contributed by atoms with Gasteiger partial charge in [0.25, 0.3) is 0 Å². The Labute approximate surface area is 205 Å². The Kier molecular flexibility index (Phi) is 9.01. The van der Waals surface area contributed by atoms with Gasteiger partial charge in [-0.1, -0.05) is 68.3 Å². The Balaban J connectivity index is 2.05. The molecule has 1 unspecified atom stereocenters. The SMILES string of the molecule is CCCCC(Cc1c(C)c(OCc2ccccc2)c(C(=O)Oc2ccccc2)c(C)c1F)C(=O)O.